The van der Waals surface area contributed by atoms with Crippen LogP contribution in [0.3, 0.4) is 0 Å². The second-order valence-corrected chi connectivity index (χ2v) is 6.75. The number of amides is 2. The number of likely N-dealkylation sites (tertiary alicyclic amines) is 1. The maximum Gasteiger partial charge on any atom is 0.233 e. The molecule has 2 amide bonds. The maximum atomic E-state index is 12.4. The molecule has 2 aliphatic rings. The van der Waals surface area contributed by atoms with E-state index in [1.165, 1.54) is 4.90 Å². The van der Waals surface area contributed by atoms with Gasteiger partial charge in [-0.25, -0.2) is 0 Å². The number of carbonyl (C=O) groups excluding carboxylic acids is 2. The van der Waals surface area contributed by atoms with Crippen molar-refractivity contribution in [2.24, 2.45) is 11.8 Å². The average molecular weight is 331 g/mol. The lowest BCUT2D eigenvalue weighted by Gasteiger charge is -2.19. The summed E-state index contributed by atoms with van der Waals surface area (Å²) in [6.07, 6.45) is 3.65. The molecule has 1 N–H and O–H groups in total. The van der Waals surface area contributed by atoms with Crippen LogP contribution in [0.2, 0.25) is 0 Å². The van der Waals surface area contributed by atoms with Crippen LogP contribution < -0.4 is 4.74 Å². The van der Waals surface area contributed by atoms with Crippen molar-refractivity contribution >= 4 is 11.8 Å². The fourth-order valence-corrected chi connectivity index (χ4v) is 3.72. The van der Waals surface area contributed by atoms with Gasteiger partial charge in [-0.1, -0.05) is 31.9 Å². The highest BCUT2D eigenvalue weighted by Gasteiger charge is 2.48. The van der Waals surface area contributed by atoms with Crippen LogP contribution >= 0.6 is 0 Å². The molecule has 1 saturated heterocycles. The first-order valence-corrected chi connectivity index (χ1v) is 8.85. The highest BCUT2D eigenvalue weighted by Crippen LogP contribution is 2.37. The van der Waals surface area contributed by atoms with Crippen LogP contribution in [0.5, 0.6) is 5.75 Å². The summed E-state index contributed by atoms with van der Waals surface area (Å²) >= 11 is 0. The van der Waals surface area contributed by atoms with E-state index in [0.717, 1.165) is 37.7 Å². The van der Waals surface area contributed by atoms with E-state index >= 15 is 0 Å². The second kappa shape index (κ2) is 7.34. The predicted molar refractivity (Wildman–Crippen MR) is 89.5 cm³/mol. The summed E-state index contributed by atoms with van der Waals surface area (Å²) in [6, 6.07) is 7.71. The van der Waals surface area contributed by atoms with E-state index in [-0.39, 0.29) is 36.8 Å². The monoisotopic (exact) mass is 331 g/mol. The van der Waals surface area contributed by atoms with Gasteiger partial charge in [0.25, 0.3) is 0 Å². The van der Waals surface area contributed by atoms with Crippen LogP contribution in [0.4, 0.5) is 0 Å². The second-order valence-electron chi connectivity index (χ2n) is 6.75. The molecule has 1 aliphatic heterocycles. The van der Waals surface area contributed by atoms with Gasteiger partial charge in [-0.05, 0) is 37.0 Å². The molecule has 3 rings (SSSR count). The minimum atomic E-state index is -0.872. The summed E-state index contributed by atoms with van der Waals surface area (Å²) in [4.78, 5) is 26.0. The highest BCUT2D eigenvalue weighted by atomic mass is 16.5. The summed E-state index contributed by atoms with van der Waals surface area (Å²) < 4.78 is 5.61. The van der Waals surface area contributed by atoms with Crippen molar-refractivity contribution in [3.05, 3.63) is 29.8 Å². The molecule has 2 fully saturated rings. The molecule has 0 aromatic heterocycles. The van der Waals surface area contributed by atoms with E-state index in [4.69, 9.17) is 4.74 Å². The Morgan fingerprint density at radius 1 is 1.21 bits per heavy atom. The molecule has 3 atom stereocenters. The average Bonchev–Trinajstić information content (AvgIpc) is 2.85. The molecule has 0 bridgehead atoms. The van der Waals surface area contributed by atoms with Crippen LogP contribution in [0.25, 0.3) is 0 Å². The number of β-amino-alcohol motifs (C(OH)–C–C–N with tert-alkyl or cyclic N) is 1. The van der Waals surface area contributed by atoms with Gasteiger partial charge in [-0.3, -0.25) is 14.5 Å². The van der Waals surface area contributed by atoms with Crippen LogP contribution in [0.1, 0.15) is 38.2 Å². The number of benzene rings is 1. The number of aliphatic hydroxyl groups excluding tert-OH is 1. The Morgan fingerprint density at radius 2 is 1.88 bits per heavy atom. The van der Waals surface area contributed by atoms with E-state index in [9.17, 15) is 14.7 Å². The Kier molecular flexibility index (Phi) is 5.19. The van der Waals surface area contributed by atoms with Gasteiger partial charge in [0, 0.05) is 0 Å². The maximum absolute atomic E-state index is 12.4. The standard InChI is InChI=1S/C19H25NO4/c1-2-13-6-5-7-15(10-13)24-12-14(21)11-20-18(22)16-8-3-4-9-17(16)19(20)23/h5-7,10,14,16-17,21H,2-4,8-9,11-12H2,1H3/t14-,16-,17-/m1/s1. The largest absolute Gasteiger partial charge is 0.491 e. The van der Waals surface area contributed by atoms with Crippen molar-refractivity contribution in [2.75, 3.05) is 13.2 Å². The topological polar surface area (TPSA) is 66.8 Å². The van der Waals surface area contributed by atoms with Gasteiger partial charge in [-0.2, -0.15) is 0 Å². The van der Waals surface area contributed by atoms with E-state index in [0.29, 0.717) is 5.75 Å². The number of imide groups is 1. The molecule has 1 aromatic carbocycles. The van der Waals surface area contributed by atoms with Crippen LogP contribution in [-0.2, 0) is 16.0 Å². The van der Waals surface area contributed by atoms with E-state index in [2.05, 4.69) is 6.92 Å². The van der Waals surface area contributed by atoms with Gasteiger partial charge in [-0.15, -0.1) is 0 Å². The van der Waals surface area contributed by atoms with Crippen molar-refractivity contribution in [2.45, 2.75) is 45.1 Å². The van der Waals surface area contributed by atoms with Crippen molar-refractivity contribution < 1.29 is 19.4 Å². The van der Waals surface area contributed by atoms with Gasteiger partial charge >= 0.3 is 0 Å². The minimum absolute atomic E-state index is 0.0259. The fourth-order valence-electron chi connectivity index (χ4n) is 3.72. The van der Waals surface area contributed by atoms with Gasteiger partial charge in [0.05, 0.1) is 18.4 Å². The Morgan fingerprint density at radius 3 is 2.50 bits per heavy atom. The van der Waals surface area contributed by atoms with Gasteiger partial charge < -0.3 is 9.84 Å². The zero-order valence-corrected chi connectivity index (χ0v) is 14.1. The van der Waals surface area contributed by atoms with Crippen LogP contribution in [0.15, 0.2) is 24.3 Å². The third-order valence-corrected chi connectivity index (χ3v) is 5.07. The molecule has 24 heavy (non-hydrogen) atoms. The van der Waals surface area contributed by atoms with Crippen molar-refractivity contribution in [3.63, 3.8) is 0 Å². The third-order valence-electron chi connectivity index (χ3n) is 5.07. The molecule has 5 heteroatoms. The molecule has 130 valence electrons. The summed E-state index contributed by atoms with van der Waals surface area (Å²) in [5, 5.41) is 10.2. The Hall–Kier alpha value is -1.88. The molecule has 1 aliphatic carbocycles. The zero-order valence-electron chi connectivity index (χ0n) is 14.1. The predicted octanol–water partition coefficient (Wildman–Crippen LogP) is 2.16. The molecule has 1 heterocycles. The Bertz CT molecular complexity index is 591. The number of hydrogen-bond acceptors (Lipinski definition) is 4. The lowest BCUT2D eigenvalue weighted by Crippen LogP contribution is -2.40. The number of rotatable bonds is 6. The van der Waals surface area contributed by atoms with Gasteiger partial charge in [0.2, 0.25) is 11.8 Å². The number of aryl methyl sites for hydroxylation is 1. The molecule has 1 saturated carbocycles. The first-order valence-electron chi connectivity index (χ1n) is 8.85. The fraction of sp³-hybridized carbons (Fsp3) is 0.579. The van der Waals surface area contributed by atoms with E-state index in [1.807, 2.05) is 24.3 Å². The van der Waals surface area contributed by atoms with E-state index in [1.54, 1.807) is 0 Å². The minimum Gasteiger partial charge on any atom is -0.491 e. The summed E-state index contributed by atoms with van der Waals surface area (Å²) in [5.74, 6) is 0.135. The van der Waals surface area contributed by atoms with Crippen molar-refractivity contribution in [1.82, 2.24) is 4.90 Å². The lowest BCUT2D eigenvalue weighted by molar-refractivity contribution is -0.141. The summed E-state index contributed by atoms with van der Waals surface area (Å²) in [6.45, 7) is 2.16. The zero-order chi connectivity index (χ0) is 17.1. The third kappa shape index (κ3) is 3.46. The number of aliphatic hydroxyl groups is 1. The highest BCUT2D eigenvalue weighted by molar-refractivity contribution is 6.05. The summed E-state index contributed by atoms with van der Waals surface area (Å²) in [5.41, 5.74) is 1.16. The van der Waals surface area contributed by atoms with Gasteiger partial charge in [0.15, 0.2) is 0 Å². The number of carbonyl (C=O) groups is 2. The molecule has 0 spiro atoms. The van der Waals surface area contributed by atoms with Gasteiger partial charge in [0.1, 0.15) is 18.5 Å². The Balaban J connectivity index is 1.55. The van der Waals surface area contributed by atoms with Crippen molar-refractivity contribution in [1.29, 1.82) is 0 Å². The molecule has 0 unspecified atom stereocenters. The SMILES string of the molecule is CCc1cccc(OC[C@H](O)CN2C(=O)[C@@H]3CCCC[C@H]3C2=O)c1. The first kappa shape index (κ1) is 17.0. The van der Waals surface area contributed by atoms with Crippen LogP contribution in [-0.4, -0.2) is 41.1 Å². The molecule has 5 nitrogen and oxygen atoms in total. The normalized spacial score (nSPS) is 24.8. The van der Waals surface area contributed by atoms with E-state index < -0.39 is 6.10 Å². The van der Waals surface area contributed by atoms with Crippen LogP contribution in [0, 0.1) is 11.8 Å². The van der Waals surface area contributed by atoms with Crippen molar-refractivity contribution in [3.8, 4) is 5.75 Å². The first-order chi connectivity index (χ1) is 11.6. The quantitative estimate of drug-likeness (QED) is 0.811. The number of fused-ring (bicyclic) bond motifs is 1. The molecular weight excluding hydrogens is 306 g/mol. The lowest BCUT2D eigenvalue weighted by atomic mass is 9.81. The molecule has 0 radical (unpaired) electrons. The number of ether oxygens (including phenoxy) is 1. The summed E-state index contributed by atoms with van der Waals surface area (Å²) in [7, 11) is 0. The number of nitrogens with zero attached hydrogens (tertiary/aromatic N) is 1. The number of hydrogen-bond donors (Lipinski definition) is 1. The Labute approximate surface area is 142 Å². The smallest absolute Gasteiger partial charge is 0.233 e. The molecule has 1 aromatic rings. The molecular formula is C19H25NO4.